The van der Waals surface area contributed by atoms with Crippen molar-refractivity contribution < 1.29 is 0 Å². The predicted molar refractivity (Wildman–Crippen MR) is 72.8 cm³/mol. The molecule has 1 aliphatic carbocycles. The summed E-state index contributed by atoms with van der Waals surface area (Å²) in [5.74, 6) is 0. The molecule has 0 saturated heterocycles. The molecule has 1 fully saturated rings. The SMILES string of the molecule is CC(C)(C)[Si](C)(C)[C]1CCCCCCC1. The Balaban J connectivity index is 2.66. The van der Waals surface area contributed by atoms with Crippen LogP contribution in [0.25, 0.3) is 0 Å². The van der Waals surface area contributed by atoms with Gasteiger partial charge in [0.2, 0.25) is 0 Å². The summed E-state index contributed by atoms with van der Waals surface area (Å²) < 4.78 is 0. The van der Waals surface area contributed by atoms with Crippen molar-refractivity contribution in [2.45, 2.75) is 83.8 Å². The minimum Gasteiger partial charge on any atom is -0.0686 e. The van der Waals surface area contributed by atoms with Crippen LogP contribution in [0.4, 0.5) is 0 Å². The quantitative estimate of drug-likeness (QED) is 0.528. The van der Waals surface area contributed by atoms with Crippen molar-refractivity contribution >= 4 is 8.07 Å². The Hall–Kier alpha value is 0.217. The summed E-state index contributed by atoms with van der Waals surface area (Å²) in [4.78, 5) is 0. The third kappa shape index (κ3) is 3.34. The second-order valence-corrected chi connectivity index (χ2v) is 12.2. The molecule has 0 aromatic carbocycles. The first kappa shape index (κ1) is 13.3. The maximum atomic E-state index is 2.59. The summed E-state index contributed by atoms with van der Waals surface area (Å²) >= 11 is 0. The molecule has 1 aliphatic rings. The van der Waals surface area contributed by atoms with Crippen molar-refractivity contribution in [3.05, 3.63) is 5.54 Å². The van der Waals surface area contributed by atoms with E-state index in [1.54, 1.807) is 0 Å². The molecule has 0 unspecified atom stereocenters. The van der Waals surface area contributed by atoms with Gasteiger partial charge >= 0.3 is 0 Å². The zero-order valence-electron chi connectivity index (χ0n) is 11.4. The van der Waals surface area contributed by atoms with Crippen LogP contribution in [0.1, 0.15) is 65.7 Å². The first-order chi connectivity index (χ1) is 6.86. The molecule has 0 aromatic heterocycles. The van der Waals surface area contributed by atoms with E-state index >= 15 is 0 Å². The van der Waals surface area contributed by atoms with Gasteiger partial charge in [-0.2, -0.15) is 0 Å². The zero-order valence-corrected chi connectivity index (χ0v) is 12.4. The Morgan fingerprint density at radius 3 is 1.60 bits per heavy atom. The van der Waals surface area contributed by atoms with Crippen LogP contribution in [0.2, 0.25) is 18.1 Å². The van der Waals surface area contributed by atoms with Gasteiger partial charge in [0.15, 0.2) is 0 Å². The van der Waals surface area contributed by atoms with Crippen LogP contribution in [0.3, 0.4) is 0 Å². The summed E-state index contributed by atoms with van der Waals surface area (Å²) in [7, 11) is -1.14. The predicted octanol–water partition coefficient (Wildman–Crippen LogP) is 5.35. The van der Waals surface area contributed by atoms with Crippen molar-refractivity contribution in [3.8, 4) is 0 Å². The highest BCUT2D eigenvalue weighted by Gasteiger charge is 2.41. The molecule has 89 valence electrons. The van der Waals surface area contributed by atoms with Crippen molar-refractivity contribution in [2.24, 2.45) is 0 Å². The molecular weight excluding hydrogens is 196 g/mol. The van der Waals surface area contributed by atoms with Gasteiger partial charge in [-0.15, -0.1) is 0 Å². The van der Waals surface area contributed by atoms with Crippen molar-refractivity contribution in [1.82, 2.24) is 0 Å². The summed E-state index contributed by atoms with van der Waals surface area (Å²) in [6.07, 6.45) is 10.2. The summed E-state index contributed by atoms with van der Waals surface area (Å²) in [5.41, 5.74) is 1.97. The summed E-state index contributed by atoms with van der Waals surface area (Å²) in [6.45, 7) is 12.5. The molecule has 0 heterocycles. The molecule has 0 bridgehead atoms. The molecule has 0 atom stereocenters. The van der Waals surface area contributed by atoms with Crippen LogP contribution in [0.5, 0.6) is 0 Å². The lowest BCUT2D eigenvalue weighted by atomic mass is 10.0. The van der Waals surface area contributed by atoms with Gasteiger partial charge in [-0.05, 0) is 23.4 Å². The van der Waals surface area contributed by atoms with Crippen molar-refractivity contribution in [3.63, 3.8) is 0 Å². The second-order valence-electron chi connectivity index (χ2n) is 6.75. The minimum absolute atomic E-state index is 0.543. The Morgan fingerprint density at radius 1 is 0.800 bits per heavy atom. The van der Waals surface area contributed by atoms with E-state index in [1.807, 2.05) is 5.54 Å². The van der Waals surface area contributed by atoms with E-state index in [2.05, 4.69) is 33.9 Å². The normalized spacial score (nSPS) is 22.2. The lowest BCUT2D eigenvalue weighted by molar-refractivity contribution is 0.541. The third-order valence-corrected chi connectivity index (χ3v) is 10.7. The highest BCUT2D eigenvalue weighted by molar-refractivity contribution is 6.85. The monoisotopic (exact) mass is 225 g/mol. The molecule has 0 amide bonds. The number of hydrogen-bond acceptors (Lipinski definition) is 0. The standard InChI is InChI=1S/C14H29Si/c1-14(2,3)15(4,5)13-11-9-7-6-8-10-12-13/h6-12H2,1-5H3. The average molecular weight is 225 g/mol. The Morgan fingerprint density at radius 2 is 1.20 bits per heavy atom. The fourth-order valence-corrected chi connectivity index (χ4v) is 5.15. The van der Waals surface area contributed by atoms with Crippen LogP contribution in [-0.2, 0) is 0 Å². The first-order valence-electron chi connectivity index (χ1n) is 6.71. The number of rotatable bonds is 1. The molecule has 1 heteroatoms. The Kier molecular flexibility index (Phi) is 4.46. The van der Waals surface area contributed by atoms with Gasteiger partial charge in [0.05, 0.1) is 8.07 Å². The fourth-order valence-electron chi connectivity index (χ4n) is 2.49. The van der Waals surface area contributed by atoms with Crippen molar-refractivity contribution in [2.75, 3.05) is 0 Å². The molecule has 0 aliphatic heterocycles. The molecule has 0 aromatic rings. The van der Waals surface area contributed by atoms with Gasteiger partial charge in [-0.1, -0.05) is 66.0 Å². The van der Waals surface area contributed by atoms with Crippen LogP contribution in [-0.4, -0.2) is 8.07 Å². The summed E-state index contributed by atoms with van der Waals surface area (Å²) in [6, 6.07) is 0. The zero-order chi connectivity index (χ0) is 11.5. The van der Waals surface area contributed by atoms with E-state index in [0.29, 0.717) is 5.04 Å². The lowest BCUT2D eigenvalue weighted by Gasteiger charge is -2.44. The molecule has 0 N–H and O–H groups in total. The van der Waals surface area contributed by atoms with E-state index in [9.17, 15) is 0 Å². The Bertz CT molecular complexity index is 180. The third-order valence-electron chi connectivity index (χ3n) is 4.72. The van der Waals surface area contributed by atoms with E-state index in [-0.39, 0.29) is 0 Å². The number of hydrogen-bond donors (Lipinski definition) is 0. The van der Waals surface area contributed by atoms with E-state index in [1.165, 1.54) is 44.9 Å². The van der Waals surface area contributed by atoms with E-state index < -0.39 is 8.07 Å². The minimum atomic E-state index is -1.14. The molecular formula is C14H29Si. The van der Waals surface area contributed by atoms with Crippen LogP contribution >= 0.6 is 0 Å². The fraction of sp³-hybridized carbons (Fsp3) is 0.929. The topological polar surface area (TPSA) is 0 Å². The van der Waals surface area contributed by atoms with Gasteiger partial charge in [-0.3, -0.25) is 0 Å². The molecule has 1 rings (SSSR count). The Labute approximate surface area is 97.9 Å². The smallest absolute Gasteiger partial charge is 0.0592 e. The summed E-state index contributed by atoms with van der Waals surface area (Å²) in [5, 5.41) is 0.543. The van der Waals surface area contributed by atoms with Gasteiger partial charge < -0.3 is 0 Å². The highest BCUT2D eigenvalue weighted by atomic mass is 28.3. The molecule has 0 spiro atoms. The molecule has 1 radical (unpaired) electrons. The van der Waals surface area contributed by atoms with Crippen LogP contribution in [0, 0.1) is 5.54 Å². The average Bonchev–Trinajstić information content (AvgIpc) is 1.99. The van der Waals surface area contributed by atoms with Gasteiger partial charge in [-0.25, -0.2) is 0 Å². The largest absolute Gasteiger partial charge is 0.0686 e. The molecule has 1 saturated carbocycles. The molecule has 15 heavy (non-hydrogen) atoms. The maximum absolute atomic E-state index is 2.59. The van der Waals surface area contributed by atoms with Crippen LogP contribution < -0.4 is 0 Å². The van der Waals surface area contributed by atoms with Gasteiger partial charge in [0, 0.05) is 0 Å². The van der Waals surface area contributed by atoms with E-state index in [0.717, 1.165) is 0 Å². The first-order valence-corrected chi connectivity index (χ1v) is 9.71. The maximum Gasteiger partial charge on any atom is 0.0592 e. The van der Waals surface area contributed by atoms with Crippen molar-refractivity contribution in [1.29, 1.82) is 0 Å². The molecule has 0 nitrogen and oxygen atoms in total. The van der Waals surface area contributed by atoms with Gasteiger partial charge in [0.25, 0.3) is 0 Å². The lowest BCUT2D eigenvalue weighted by Crippen LogP contribution is -2.44. The van der Waals surface area contributed by atoms with Crippen LogP contribution in [0.15, 0.2) is 0 Å². The van der Waals surface area contributed by atoms with E-state index in [4.69, 9.17) is 0 Å². The second kappa shape index (κ2) is 5.03. The highest BCUT2D eigenvalue weighted by Crippen LogP contribution is 2.45. The van der Waals surface area contributed by atoms with Gasteiger partial charge in [0.1, 0.15) is 0 Å².